The van der Waals surface area contributed by atoms with Gasteiger partial charge < -0.3 is 4.90 Å². The number of benzene rings is 2. The summed E-state index contributed by atoms with van der Waals surface area (Å²) in [5, 5.41) is -1.52. The monoisotopic (exact) mass is 583 g/mol. The van der Waals surface area contributed by atoms with Crippen molar-refractivity contribution in [1.82, 2.24) is 9.97 Å². The summed E-state index contributed by atoms with van der Waals surface area (Å²) in [7, 11) is 1.36. The van der Waals surface area contributed by atoms with Crippen molar-refractivity contribution in [3.63, 3.8) is 0 Å². The van der Waals surface area contributed by atoms with Gasteiger partial charge in [-0.1, -0.05) is 35.3 Å². The normalized spacial score (nSPS) is 13.4. The topological polar surface area (TPSA) is 46.1 Å². The van der Waals surface area contributed by atoms with Gasteiger partial charge in [0, 0.05) is 30.6 Å². The maximum Gasteiger partial charge on any atom is 0.417 e. The van der Waals surface area contributed by atoms with Gasteiger partial charge in [-0.25, -0.2) is 18.7 Å². The molecule has 0 bridgehead atoms. The second kappa shape index (κ2) is 11.2. The molecular weight excluding hydrogens is 569 g/mol. The lowest BCUT2D eigenvalue weighted by Gasteiger charge is -2.20. The molecule has 3 aromatic rings. The highest BCUT2D eigenvalue weighted by Gasteiger charge is 2.41. The van der Waals surface area contributed by atoms with E-state index >= 15 is 0 Å². The molecule has 38 heavy (non-hydrogen) atoms. The van der Waals surface area contributed by atoms with Gasteiger partial charge in [0.1, 0.15) is 11.7 Å². The molecule has 0 amide bonds. The van der Waals surface area contributed by atoms with Gasteiger partial charge in [0.15, 0.2) is 11.6 Å². The van der Waals surface area contributed by atoms with Gasteiger partial charge >= 0.3 is 12.4 Å². The van der Waals surface area contributed by atoms with Gasteiger partial charge in [0.25, 0.3) is 0 Å². The van der Waals surface area contributed by atoms with Crippen LogP contribution in [0, 0.1) is 5.82 Å². The van der Waals surface area contributed by atoms with Gasteiger partial charge in [-0.3, -0.25) is 4.79 Å². The number of alkyl halides is 6. The van der Waals surface area contributed by atoms with Crippen LogP contribution in [0.15, 0.2) is 54.9 Å². The Morgan fingerprint density at radius 2 is 1.61 bits per heavy atom. The van der Waals surface area contributed by atoms with Crippen molar-refractivity contribution in [3.8, 4) is 0 Å². The fourth-order valence-corrected chi connectivity index (χ4v) is 3.91. The molecule has 0 N–H and O–H groups in total. The number of nitrogens with zero attached hydrogens (tertiary/aromatic N) is 3. The molecule has 0 aliphatic carbocycles. The second-order valence-electron chi connectivity index (χ2n) is 7.92. The molecule has 1 atom stereocenters. The summed E-state index contributed by atoms with van der Waals surface area (Å²) in [6.45, 7) is -0.576. The maximum atomic E-state index is 15.0. The first-order valence-corrected chi connectivity index (χ1v) is 11.2. The lowest BCUT2D eigenvalue weighted by Crippen LogP contribution is -2.28. The van der Waals surface area contributed by atoms with E-state index < -0.39 is 74.5 Å². The van der Waals surface area contributed by atoms with Gasteiger partial charge in [-0.15, -0.1) is 0 Å². The molecule has 1 aromatic heterocycles. The first-order chi connectivity index (χ1) is 17.6. The number of carbonyl (C=O) groups is 1. The summed E-state index contributed by atoms with van der Waals surface area (Å²) >= 11 is 11.1. The lowest BCUT2D eigenvalue weighted by atomic mass is 9.95. The van der Waals surface area contributed by atoms with Crippen LogP contribution in [0.25, 0.3) is 5.83 Å². The van der Waals surface area contributed by atoms with E-state index in [1.54, 1.807) is 0 Å². The zero-order valence-corrected chi connectivity index (χ0v) is 20.5. The standard InChI is InChI=1S/C24H15Cl2F8N3O/c1-37(22-35-5-2-6-36-22)11-20(38)14-4-3-12(7-16(14)24(32,33)34)19(27)10-15(23(29,30)31)13-8-17(25)21(28)18(26)9-13/h2-10,15H,11H2,1H3/b19-10-. The number of hydrogen-bond donors (Lipinski definition) is 0. The van der Waals surface area contributed by atoms with Crippen molar-refractivity contribution in [1.29, 1.82) is 0 Å². The third kappa shape index (κ3) is 6.79. The molecular formula is C24H15Cl2F8N3O. The average molecular weight is 584 g/mol. The van der Waals surface area contributed by atoms with Crippen LogP contribution in [0.5, 0.6) is 0 Å². The fourth-order valence-electron chi connectivity index (χ4n) is 3.41. The number of Topliss-reactive ketones (excluding diaryl/α,β-unsaturated/α-hetero) is 1. The van der Waals surface area contributed by atoms with E-state index in [-0.39, 0.29) is 18.1 Å². The van der Waals surface area contributed by atoms with E-state index in [0.29, 0.717) is 18.2 Å². The molecule has 1 unspecified atom stereocenters. The number of carbonyl (C=O) groups excluding carboxylic acids is 1. The SMILES string of the molecule is CN(CC(=O)c1ccc(/C(F)=C/C(c2cc(Cl)c(F)c(Cl)c2)C(F)(F)F)cc1C(F)(F)F)c1ncccn1. The van der Waals surface area contributed by atoms with Crippen LogP contribution in [-0.2, 0) is 6.18 Å². The Hall–Kier alpha value is -3.25. The molecule has 1 heterocycles. The summed E-state index contributed by atoms with van der Waals surface area (Å²) in [6.07, 6.45) is -7.57. The van der Waals surface area contributed by atoms with Gasteiger partial charge in [-0.05, 0) is 35.9 Å². The van der Waals surface area contributed by atoms with Crippen molar-refractivity contribution in [3.05, 3.63) is 93.0 Å². The van der Waals surface area contributed by atoms with Crippen molar-refractivity contribution in [2.45, 2.75) is 18.3 Å². The third-order valence-electron chi connectivity index (χ3n) is 5.21. The highest BCUT2D eigenvalue weighted by molar-refractivity contribution is 6.35. The van der Waals surface area contributed by atoms with Crippen LogP contribution < -0.4 is 4.90 Å². The maximum absolute atomic E-state index is 15.0. The van der Waals surface area contributed by atoms with Crippen LogP contribution in [0.3, 0.4) is 0 Å². The van der Waals surface area contributed by atoms with E-state index in [1.165, 1.54) is 30.4 Å². The van der Waals surface area contributed by atoms with Crippen molar-refractivity contribution in [2.75, 3.05) is 18.5 Å². The Morgan fingerprint density at radius 3 is 2.13 bits per heavy atom. The third-order valence-corrected chi connectivity index (χ3v) is 5.76. The molecule has 0 spiro atoms. The zero-order chi connectivity index (χ0) is 28.4. The number of rotatable bonds is 7. The van der Waals surface area contributed by atoms with E-state index in [1.807, 2.05) is 0 Å². The molecule has 0 radical (unpaired) electrons. The van der Waals surface area contributed by atoms with Crippen molar-refractivity contribution < 1.29 is 39.9 Å². The van der Waals surface area contributed by atoms with Crippen LogP contribution >= 0.6 is 23.2 Å². The zero-order valence-electron chi connectivity index (χ0n) is 19.0. The Morgan fingerprint density at radius 1 is 1.03 bits per heavy atom. The molecule has 0 fully saturated rings. The largest absolute Gasteiger partial charge is 0.417 e. The molecule has 0 aliphatic heterocycles. The molecule has 2 aromatic carbocycles. The minimum atomic E-state index is -5.15. The quantitative estimate of drug-likeness (QED) is 0.161. The Bertz CT molecular complexity index is 1340. The van der Waals surface area contributed by atoms with Crippen LogP contribution in [0.2, 0.25) is 10.0 Å². The van der Waals surface area contributed by atoms with Gasteiger partial charge in [0.05, 0.1) is 22.2 Å². The number of likely N-dealkylation sites (N-methyl/N-ethyl adjacent to an activating group) is 1. The molecule has 3 rings (SSSR count). The predicted octanol–water partition coefficient (Wildman–Crippen LogP) is 7.92. The minimum Gasteiger partial charge on any atom is -0.336 e. The summed E-state index contributed by atoms with van der Waals surface area (Å²) < 4.78 is 111. The van der Waals surface area contributed by atoms with E-state index in [4.69, 9.17) is 23.2 Å². The average Bonchev–Trinajstić information content (AvgIpc) is 2.84. The second-order valence-corrected chi connectivity index (χ2v) is 8.73. The Labute approximate surface area is 220 Å². The minimum absolute atomic E-state index is 0.0113. The molecule has 0 saturated heterocycles. The summed E-state index contributed by atoms with van der Waals surface area (Å²) in [6, 6.07) is 4.30. The van der Waals surface area contributed by atoms with Crippen LogP contribution in [-0.4, -0.2) is 35.5 Å². The molecule has 0 saturated carbocycles. The highest BCUT2D eigenvalue weighted by atomic mass is 35.5. The first kappa shape index (κ1) is 29.3. The van der Waals surface area contributed by atoms with E-state index in [2.05, 4.69) is 9.97 Å². The number of hydrogen-bond acceptors (Lipinski definition) is 4. The number of aromatic nitrogens is 2. The summed E-state index contributed by atoms with van der Waals surface area (Å²) in [5.41, 5.74) is -4.00. The number of allylic oxidation sites excluding steroid dienone is 1. The molecule has 14 heteroatoms. The molecule has 4 nitrogen and oxygen atoms in total. The number of anilines is 1. The van der Waals surface area contributed by atoms with Gasteiger partial charge in [0.2, 0.25) is 5.95 Å². The highest BCUT2D eigenvalue weighted by Crippen LogP contribution is 2.41. The summed E-state index contributed by atoms with van der Waals surface area (Å²) in [4.78, 5) is 21.6. The Balaban J connectivity index is 2.01. The predicted molar refractivity (Wildman–Crippen MR) is 125 cm³/mol. The van der Waals surface area contributed by atoms with Gasteiger partial charge in [-0.2, -0.15) is 26.3 Å². The van der Waals surface area contributed by atoms with Crippen LogP contribution in [0.4, 0.5) is 41.1 Å². The molecule has 0 aliphatic rings. The Kier molecular flexibility index (Phi) is 8.67. The first-order valence-electron chi connectivity index (χ1n) is 10.4. The van der Waals surface area contributed by atoms with E-state index in [9.17, 15) is 39.9 Å². The number of ketones is 1. The smallest absolute Gasteiger partial charge is 0.336 e. The summed E-state index contributed by atoms with van der Waals surface area (Å²) in [5.74, 6) is -6.57. The fraction of sp³-hybridized carbons (Fsp3) is 0.208. The van der Waals surface area contributed by atoms with Crippen molar-refractivity contribution >= 4 is 40.8 Å². The number of halogens is 10. The lowest BCUT2D eigenvalue weighted by molar-refractivity contribution is -0.140. The van der Waals surface area contributed by atoms with Crippen molar-refractivity contribution in [2.24, 2.45) is 0 Å². The van der Waals surface area contributed by atoms with E-state index in [0.717, 1.165) is 6.07 Å². The van der Waals surface area contributed by atoms with Crippen LogP contribution in [0.1, 0.15) is 33.0 Å². The molecule has 202 valence electrons.